The predicted octanol–water partition coefficient (Wildman–Crippen LogP) is 4.20. The van der Waals surface area contributed by atoms with Crippen LogP contribution < -0.4 is 14.8 Å². The molecule has 2 aromatic carbocycles. The van der Waals surface area contributed by atoms with E-state index in [4.69, 9.17) is 9.47 Å². The molecular formula is C19H19BrN4O2. The van der Waals surface area contributed by atoms with Gasteiger partial charge in [0, 0.05) is 16.1 Å². The number of hydrogen-bond donors (Lipinski definition) is 1. The minimum atomic E-state index is 0.0126. The molecule has 3 aromatic rings. The van der Waals surface area contributed by atoms with Crippen LogP contribution in [0.4, 0.5) is 5.95 Å². The Hall–Kier alpha value is -2.54. The molecule has 1 aromatic heterocycles. The van der Waals surface area contributed by atoms with Crippen LogP contribution in [0.1, 0.15) is 29.6 Å². The van der Waals surface area contributed by atoms with Crippen molar-refractivity contribution < 1.29 is 9.47 Å². The molecule has 0 aliphatic carbocycles. The van der Waals surface area contributed by atoms with Crippen molar-refractivity contribution in [3.63, 3.8) is 0 Å². The average Bonchev–Trinajstić information content (AvgIpc) is 3.15. The zero-order valence-electron chi connectivity index (χ0n) is 14.5. The monoisotopic (exact) mass is 414 g/mol. The highest BCUT2D eigenvalue weighted by atomic mass is 79.9. The summed E-state index contributed by atoms with van der Waals surface area (Å²) < 4.78 is 13.9. The second kappa shape index (κ2) is 6.99. The quantitative estimate of drug-likeness (QED) is 0.692. The summed E-state index contributed by atoms with van der Waals surface area (Å²) in [5.41, 5.74) is 2.26. The molecule has 0 saturated carbocycles. The van der Waals surface area contributed by atoms with E-state index in [1.165, 1.54) is 5.56 Å². The lowest BCUT2D eigenvalue weighted by Gasteiger charge is -2.32. The van der Waals surface area contributed by atoms with Crippen LogP contribution in [-0.2, 0) is 0 Å². The van der Waals surface area contributed by atoms with Crippen molar-refractivity contribution in [2.45, 2.75) is 18.5 Å². The topological polar surface area (TPSA) is 61.2 Å². The van der Waals surface area contributed by atoms with E-state index in [9.17, 15) is 0 Å². The number of nitrogens with zero attached hydrogens (tertiary/aromatic N) is 3. The zero-order chi connectivity index (χ0) is 18.1. The van der Waals surface area contributed by atoms with E-state index in [1.807, 2.05) is 35.0 Å². The van der Waals surface area contributed by atoms with Gasteiger partial charge >= 0.3 is 0 Å². The van der Waals surface area contributed by atoms with E-state index >= 15 is 0 Å². The van der Waals surface area contributed by atoms with Crippen LogP contribution in [0.3, 0.4) is 0 Å². The van der Waals surface area contributed by atoms with Gasteiger partial charge in [0.05, 0.1) is 26.3 Å². The standard InChI is InChI=1S/C19H19BrN4O2/c1-25-14-6-7-15(18(9-14)26-2)17-10-16(12-4-3-5-13(20)8-12)23-19-21-11-22-24(17)19/h3-9,11,16-17H,10H2,1-2H3,(H,21,22,23)/t16-,17+/m0/s1. The van der Waals surface area contributed by atoms with E-state index in [1.54, 1.807) is 20.5 Å². The number of methoxy groups -OCH3 is 2. The summed E-state index contributed by atoms with van der Waals surface area (Å²) >= 11 is 3.56. The maximum Gasteiger partial charge on any atom is 0.222 e. The van der Waals surface area contributed by atoms with Gasteiger partial charge in [0.1, 0.15) is 17.8 Å². The first kappa shape index (κ1) is 16.9. The molecule has 2 heterocycles. The SMILES string of the molecule is COc1ccc([C@H]2C[C@@H](c3cccc(Br)c3)Nc3ncnn32)c(OC)c1. The molecular weight excluding hydrogens is 396 g/mol. The highest BCUT2D eigenvalue weighted by Crippen LogP contribution is 2.41. The number of rotatable bonds is 4. The number of anilines is 1. The van der Waals surface area contributed by atoms with Gasteiger partial charge in [0.15, 0.2) is 0 Å². The number of hydrogen-bond acceptors (Lipinski definition) is 5. The van der Waals surface area contributed by atoms with Gasteiger partial charge in [-0.25, -0.2) is 4.68 Å². The lowest BCUT2D eigenvalue weighted by Crippen LogP contribution is -2.28. The van der Waals surface area contributed by atoms with Crippen molar-refractivity contribution in [2.24, 2.45) is 0 Å². The molecule has 6 nitrogen and oxygen atoms in total. The van der Waals surface area contributed by atoms with Crippen molar-refractivity contribution in [1.82, 2.24) is 14.8 Å². The van der Waals surface area contributed by atoms with Gasteiger partial charge in [-0.15, -0.1) is 0 Å². The third kappa shape index (κ3) is 3.03. The highest BCUT2D eigenvalue weighted by Gasteiger charge is 2.31. The Morgan fingerprint density at radius 1 is 1.15 bits per heavy atom. The molecule has 0 unspecified atom stereocenters. The summed E-state index contributed by atoms with van der Waals surface area (Å²) in [5, 5.41) is 7.91. The van der Waals surface area contributed by atoms with E-state index in [0.29, 0.717) is 0 Å². The minimum absolute atomic E-state index is 0.0126. The predicted molar refractivity (Wildman–Crippen MR) is 103 cm³/mol. The van der Waals surface area contributed by atoms with E-state index in [2.05, 4.69) is 43.5 Å². The molecule has 0 spiro atoms. The fourth-order valence-corrected chi connectivity index (χ4v) is 3.83. The smallest absolute Gasteiger partial charge is 0.222 e. The molecule has 7 heteroatoms. The molecule has 1 aliphatic heterocycles. The number of fused-ring (bicyclic) bond motifs is 1. The average molecular weight is 415 g/mol. The van der Waals surface area contributed by atoms with Gasteiger partial charge in [-0.3, -0.25) is 0 Å². The lowest BCUT2D eigenvalue weighted by molar-refractivity contribution is 0.371. The van der Waals surface area contributed by atoms with Crippen molar-refractivity contribution in [1.29, 1.82) is 0 Å². The van der Waals surface area contributed by atoms with Crippen LogP contribution in [0.15, 0.2) is 53.3 Å². The summed E-state index contributed by atoms with van der Waals surface area (Å²) in [6.07, 6.45) is 2.41. The maximum atomic E-state index is 5.62. The van der Waals surface area contributed by atoms with Gasteiger partial charge < -0.3 is 14.8 Å². The van der Waals surface area contributed by atoms with Crippen LogP contribution >= 0.6 is 15.9 Å². The molecule has 1 N–H and O–H groups in total. The third-order valence-electron chi connectivity index (χ3n) is 4.68. The van der Waals surface area contributed by atoms with Crippen LogP contribution in [0.5, 0.6) is 11.5 Å². The Bertz CT molecular complexity index is 927. The number of nitrogens with one attached hydrogen (secondary N) is 1. The second-order valence-electron chi connectivity index (χ2n) is 6.14. The summed E-state index contributed by atoms with van der Waals surface area (Å²) in [5.74, 6) is 2.30. The minimum Gasteiger partial charge on any atom is -0.497 e. The Morgan fingerprint density at radius 2 is 2.04 bits per heavy atom. The molecule has 0 saturated heterocycles. The molecule has 0 bridgehead atoms. The molecule has 2 atom stereocenters. The van der Waals surface area contributed by atoms with Gasteiger partial charge in [-0.1, -0.05) is 28.1 Å². The van der Waals surface area contributed by atoms with E-state index < -0.39 is 0 Å². The van der Waals surface area contributed by atoms with Gasteiger partial charge in [-0.05, 0) is 36.2 Å². The Balaban J connectivity index is 1.76. The maximum absolute atomic E-state index is 5.62. The third-order valence-corrected chi connectivity index (χ3v) is 5.17. The Morgan fingerprint density at radius 3 is 2.81 bits per heavy atom. The van der Waals surface area contributed by atoms with Crippen molar-refractivity contribution in [3.05, 3.63) is 64.4 Å². The molecule has 0 radical (unpaired) electrons. The molecule has 0 amide bonds. The molecule has 1 aliphatic rings. The van der Waals surface area contributed by atoms with Crippen LogP contribution in [0.2, 0.25) is 0 Å². The lowest BCUT2D eigenvalue weighted by atomic mass is 9.93. The summed E-state index contributed by atoms with van der Waals surface area (Å²) in [6, 6.07) is 14.4. The Labute approximate surface area is 160 Å². The van der Waals surface area contributed by atoms with E-state index in [0.717, 1.165) is 33.9 Å². The highest BCUT2D eigenvalue weighted by molar-refractivity contribution is 9.10. The summed E-state index contributed by atoms with van der Waals surface area (Å²) in [7, 11) is 3.32. The van der Waals surface area contributed by atoms with Gasteiger partial charge in [0.25, 0.3) is 0 Å². The number of benzene rings is 2. The fraction of sp³-hybridized carbons (Fsp3) is 0.263. The Kier molecular flexibility index (Phi) is 4.55. The second-order valence-corrected chi connectivity index (χ2v) is 7.06. The summed E-state index contributed by atoms with van der Waals surface area (Å²) in [4.78, 5) is 4.38. The first-order valence-electron chi connectivity index (χ1n) is 8.33. The number of halogens is 1. The van der Waals surface area contributed by atoms with Crippen LogP contribution in [0, 0.1) is 0 Å². The number of aromatic nitrogens is 3. The van der Waals surface area contributed by atoms with Crippen molar-refractivity contribution in [3.8, 4) is 11.5 Å². The van der Waals surface area contributed by atoms with Crippen molar-refractivity contribution in [2.75, 3.05) is 19.5 Å². The van der Waals surface area contributed by atoms with Crippen LogP contribution in [0.25, 0.3) is 0 Å². The van der Waals surface area contributed by atoms with E-state index in [-0.39, 0.29) is 12.1 Å². The first-order chi connectivity index (χ1) is 12.7. The molecule has 4 rings (SSSR count). The molecule has 26 heavy (non-hydrogen) atoms. The number of ether oxygens (including phenoxy) is 2. The molecule has 0 fully saturated rings. The largest absolute Gasteiger partial charge is 0.497 e. The first-order valence-corrected chi connectivity index (χ1v) is 9.12. The normalized spacial score (nSPS) is 18.7. The van der Waals surface area contributed by atoms with Gasteiger partial charge in [0.2, 0.25) is 5.95 Å². The summed E-state index contributed by atoms with van der Waals surface area (Å²) in [6.45, 7) is 0. The zero-order valence-corrected chi connectivity index (χ0v) is 16.1. The van der Waals surface area contributed by atoms with Gasteiger partial charge in [-0.2, -0.15) is 10.1 Å². The van der Waals surface area contributed by atoms with Crippen molar-refractivity contribution >= 4 is 21.9 Å². The fourth-order valence-electron chi connectivity index (χ4n) is 3.41. The van der Waals surface area contributed by atoms with Crippen LogP contribution in [-0.4, -0.2) is 29.0 Å². The molecule has 134 valence electrons.